The number of hydrogen-bond donors (Lipinski definition) is 2. The molecule has 5 nitrogen and oxygen atoms in total. The highest BCUT2D eigenvalue weighted by Gasteiger charge is 2.10. The van der Waals surface area contributed by atoms with Crippen LogP contribution >= 0.6 is 0 Å². The van der Waals surface area contributed by atoms with E-state index in [1.54, 1.807) is 17.0 Å². The normalized spacial score (nSPS) is 10.2. The van der Waals surface area contributed by atoms with Gasteiger partial charge < -0.3 is 10.3 Å². The molecule has 13 heavy (non-hydrogen) atoms. The maximum Gasteiger partial charge on any atom is 0.254 e. The lowest BCUT2D eigenvalue weighted by atomic mass is 10.3. The van der Waals surface area contributed by atoms with E-state index in [0.717, 1.165) is 0 Å². The van der Waals surface area contributed by atoms with Gasteiger partial charge in [-0.15, -0.1) is 0 Å². The Balaban J connectivity index is 2.52. The number of rotatable bonds is 2. The first-order chi connectivity index (χ1) is 6.29. The fourth-order valence-corrected chi connectivity index (χ4v) is 1.14. The molecule has 66 valence electrons. The zero-order valence-electron chi connectivity index (χ0n) is 6.77. The van der Waals surface area contributed by atoms with Crippen LogP contribution in [0, 0.1) is 0 Å². The van der Waals surface area contributed by atoms with Crippen molar-refractivity contribution >= 4 is 5.91 Å². The van der Waals surface area contributed by atoms with Crippen LogP contribution in [-0.4, -0.2) is 20.7 Å². The minimum atomic E-state index is -0.488. The zero-order valence-corrected chi connectivity index (χ0v) is 6.77. The van der Waals surface area contributed by atoms with Crippen LogP contribution in [0.4, 0.5) is 0 Å². The fourth-order valence-electron chi connectivity index (χ4n) is 1.14. The molecule has 0 bridgehead atoms. The van der Waals surface area contributed by atoms with Gasteiger partial charge in [0.1, 0.15) is 11.4 Å². The molecule has 1 amide bonds. The van der Waals surface area contributed by atoms with Gasteiger partial charge in [0.05, 0.1) is 6.20 Å². The third-order valence-corrected chi connectivity index (χ3v) is 1.75. The van der Waals surface area contributed by atoms with Crippen molar-refractivity contribution in [1.82, 2.24) is 14.8 Å². The van der Waals surface area contributed by atoms with Crippen molar-refractivity contribution < 1.29 is 4.79 Å². The van der Waals surface area contributed by atoms with Crippen LogP contribution in [0.2, 0.25) is 0 Å². The Morgan fingerprint density at radius 3 is 2.77 bits per heavy atom. The molecule has 0 saturated heterocycles. The van der Waals surface area contributed by atoms with Gasteiger partial charge in [-0.25, -0.2) is 0 Å². The van der Waals surface area contributed by atoms with Crippen LogP contribution in [0.1, 0.15) is 10.4 Å². The third kappa shape index (κ3) is 1.20. The second-order valence-electron chi connectivity index (χ2n) is 2.59. The van der Waals surface area contributed by atoms with Crippen molar-refractivity contribution in [3.05, 3.63) is 36.3 Å². The average Bonchev–Trinajstić information content (AvgIpc) is 2.74. The van der Waals surface area contributed by atoms with Crippen LogP contribution in [0.15, 0.2) is 30.7 Å². The van der Waals surface area contributed by atoms with Crippen LogP contribution in [0.25, 0.3) is 5.82 Å². The molecule has 5 heteroatoms. The Morgan fingerprint density at radius 2 is 2.15 bits per heavy atom. The van der Waals surface area contributed by atoms with Gasteiger partial charge in [0.15, 0.2) is 0 Å². The predicted molar refractivity (Wildman–Crippen MR) is 46.4 cm³/mol. The topological polar surface area (TPSA) is 76.7 Å². The van der Waals surface area contributed by atoms with Gasteiger partial charge in [0.25, 0.3) is 5.91 Å². The predicted octanol–water partition coefficient (Wildman–Crippen LogP) is 0.299. The van der Waals surface area contributed by atoms with Gasteiger partial charge in [-0.2, -0.15) is 5.10 Å². The van der Waals surface area contributed by atoms with E-state index in [0.29, 0.717) is 11.4 Å². The molecule has 2 aromatic rings. The maximum absolute atomic E-state index is 10.9. The molecule has 0 aliphatic heterocycles. The van der Waals surface area contributed by atoms with Gasteiger partial charge in [-0.05, 0) is 12.1 Å². The molecule has 0 fully saturated rings. The number of carbonyl (C=O) groups is 1. The molecule has 0 unspecified atom stereocenters. The number of primary amides is 1. The van der Waals surface area contributed by atoms with Gasteiger partial charge in [0.2, 0.25) is 0 Å². The quantitative estimate of drug-likeness (QED) is 0.690. The second kappa shape index (κ2) is 2.78. The summed E-state index contributed by atoms with van der Waals surface area (Å²) in [7, 11) is 0. The molecular weight excluding hydrogens is 168 g/mol. The largest absolute Gasteiger partial charge is 0.365 e. The number of carbonyl (C=O) groups excluding carboxylic acids is 1. The summed E-state index contributed by atoms with van der Waals surface area (Å²) in [4.78, 5) is 10.9. The summed E-state index contributed by atoms with van der Waals surface area (Å²) in [6.45, 7) is 0. The SMILES string of the molecule is NC(=O)c1cn[nH]c1-n1cccc1. The summed E-state index contributed by atoms with van der Waals surface area (Å²) >= 11 is 0. The molecule has 0 aliphatic rings. The molecule has 0 spiro atoms. The van der Waals surface area contributed by atoms with Crippen molar-refractivity contribution in [2.45, 2.75) is 0 Å². The average molecular weight is 176 g/mol. The van der Waals surface area contributed by atoms with E-state index in [1.165, 1.54) is 6.20 Å². The molecule has 2 aromatic heterocycles. The van der Waals surface area contributed by atoms with Crippen molar-refractivity contribution in [2.75, 3.05) is 0 Å². The highest BCUT2D eigenvalue weighted by Crippen LogP contribution is 2.09. The molecule has 2 heterocycles. The minimum Gasteiger partial charge on any atom is -0.365 e. The van der Waals surface area contributed by atoms with Crippen molar-refractivity contribution in [2.24, 2.45) is 5.73 Å². The van der Waals surface area contributed by atoms with Crippen LogP contribution < -0.4 is 5.73 Å². The van der Waals surface area contributed by atoms with E-state index in [2.05, 4.69) is 10.2 Å². The molecule has 3 N–H and O–H groups in total. The van der Waals surface area contributed by atoms with Crippen LogP contribution in [0.5, 0.6) is 0 Å². The molecule has 0 radical (unpaired) electrons. The summed E-state index contributed by atoms with van der Waals surface area (Å²) in [5.41, 5.74) is 5.54. The number of hydrogen-bond acceptors (Lipinski definition) is 2. The molecule has 0 saturated carbocycles. The summed E-state index contributed by atoms with van der Waals surface area (Å²) < 4.78 is 1.74. The standard InChI is InChI=1S/C8H8N4O/c9-7(13)6-5-10-11-8(6)12-3-1-2-4-12/h1-5H,(H2,9,13)(H,10,11). The number of nitrogens with two attached hydrogens (primary N) is 1. The Hall–Kier alpha value is -2.04. The van der Waals surface area contributed by atoms with Crippen LogP contribution in [0.3, 0.4) is 0 Å². The van der Waals surface area contributed by atoms with E-state index in [9.17, 15) is 4.79 Å². The maximum atomic E-state index is 10.9. The number of aromatic amines is 1. The summed E-state index contributed by atoms with van der Waals surface area (Å²) in [6.07, 6.45) is 5.03. The second-order valence-corrected chi connectivity index (χ2v) is 2.59. The number of H-pyrrole nitrogens is 1. The van der Waals surface area contributed by atoms with E-state index < -0.39 is 5.91 Å². The molecular formula is C8H8N4O. The van der Waals surface area contributed by atoms with Crippen LogP contribution in [-0.2, 0) is 0 Å². The number of nitrogens with one attached hydrogen (secondary N) is 1. The number of nitrogens with zero attached hydrogens (tertiary/aromatic N) is 2. The molecule has 0 aliphatic carbocycles. The summed E-state index contributed by atoms with van der Waals surface area (Å²) in [6, 6.07) is 3.71. The zero-order chi connectivity index (χ0) is 9.26. The van der Waals surface area contributed by atoms with E-state index in [-0.39, 0.29) is 0 Å². The lowest BCUT2D eigenvalue weighted by Crippen LogP contribution is -2.12. The highest BCUT2D eigenvalue weighted by molar-refractivity contribution is 5.95. The monoisotopic (exact) mass is 176 g/mol. The Kier molecular flexibility index (Phi) is 1.63. The van der Waals surface area contributed by atoms with Gasteiger partial charge in [-0.3, -0.25) is 9.89 Å². The smallest absolute Gasteiger partial charge is 0.254 e. The number of aromatic nitrogens is 3. The van der Waals surface area contributed by atoms with Crippen molar-refractivity contribution in [3.8, 4) is 5.82 Å². The van der Waals surface area contributed by atoms with Gasteiger partial charge in [0, 0.05) is 12.4 Å². The van der Waals surface area contributed by atoms with Gasteiger partial charge >= 0.3 is 0 Å². The lowest BCUT2D eigenvalue weighted by Gasteiger charge is -1.99. The first kappa shape index (κ1) is 7.60. The summed E-state index contributed by atoms with van der Waals surface area (Å²) in [5, 5.41) is 6.45. The fraction of sp³-hybridized carbons (Fsp3) is 0. The van der Waals surface area contributed by atoms with Gasteiger partial charge in [-0.1, -0.05) is 0 Å². The molecule has 0 atom stereocenters. The third-order valence-electron chi connectivity index (χ3n) is 1.75. The Bertz CT molecular complexity index is 415. The first-order valence-corrected chi connectivity index (χ1v) is 3.75. The molecule has 0 aromatic carbocycles. The lowest BCUT2D eigenvalue weighted by molar-refractivity contribution is 0.100. The molecule has 2 rings (SSSR count). The first-order valence-electron chi connectivity index (χ1n) is 3.75. The Labute approximate surface area is 74.2 Å². The highest BCUT2D eigenvalue weighted by atomic mass is 16.1. The number of amides is 1. The van der Waals surface area contributed by atoms with Crippen molar-refractivity contribution in [3.63, 3.8) is 0 Å². The van der Waals surface area contributed by atoms with E-state index >= 15 is 0 Å². The summed E-state index contributed by atoms with van der Waals surface area (Å²) in [5.74, 6) is 0.106. The Morgan fingerprint density at radius 1 is 1.46 bits per heavy atom. The van der Waals surface area contributed by atoms with E-state index in [1.807, 2.05) is 12.1 Å². The van der Waals surface area contributed by atoms with Crippen molar-refractivity contribution in [1.29, 1.82) is 0 Å². The minimum absolute atomic E-state index is 0.385. The van der Waals surface area contributed by atoms with E-state index in [4.69, 9.17) is 5.73 Å².